The number of hydrogen-bond acceptors (Lipinski definition) is 5. The zero-order valence-electron chi connectivity index (χ0n) is 18.3. The lowest BCUT2D eigenvalue weighted by molar-refractivity contribution is -0.0802. The monoisotopic (exact) mass is 414 g/mol. The largest absolute Gasteiger partial charge is 0.506 e. The molecule has 7 nitrogen and oxygen atoms in total. The number of aromatic nitrogens is 2. The van der Waals surface area contributed by atoms with Crippen LogP contribution in [0.5, 0.6) is 5.75 Å². The third kappa shape index (κ3) is 3.93. The van der Waals surface area contributed by atoms with Crippen molar-refractivity contribution in [3.8, 4) is 5.75 Å². The van der Waals surface area contributed by atoms with Crippen molar-refractivity contribution in [3.05, 3.63) is 23.9 Å². The van der Waals surface area contributed by atoms with Crippen LogP contribution in [0, 0.1) is 0 Å². The van der Waals surface area contributed by atoms with Crippen molar-refractivity contribution in [2.75, 3.05) is 19.8 Å². The summed E-state index contributed by atoms with van der Waals surface area (Å²) in [6, 6.07) is 6.24. The fourth-order valence-electron chi connectivity index (χ4n) is 4.90. The fourth-order valence-corrected chi connectivity index (χ4v) is 4.90. The zero-order chi connectivity index (χ0) is 21.3. The van der Waals surface area contributed by atoms with Gasteiger partial charge in [-0.3, -0.25) is 14.4 Å². The number of benzene rings is 1. The molecule has 4 atom stereocenters. The topological polar surface area (TPSA) is 79.6 Å². The minimum Gasteiger partial charge on any atom is -0.506 e. The van der Waals surface area contributed by atoms with Gasteiger partial charge < -0.3 is 15.2 Å². The maximum absolute atomic E-state index is 13.2. The number of unbranched alkanes of at least 4 members (excludes halogenated alkanes) is 1. The van der Waals surface area contributed by atoms with Gasteiger partial charge in [-0.05, 0) is 45.2 Å². The molecule has 30 heavy (non-hydrogen) atoms. The molecule has 0 radical (unpaired) electrons. The van der Waals surface area contributed by atoms with Crippen LogP contribution in [-0.4, -0.2) is 63.6 Å². The van der Waals surface area contributed by atoms with Crippen LogP contribution in [-0.2, 0) is 4.74 Å². The molecule has 4 rings (SSSR count). The van der Waals surface area contributed by atoms with E-state index in [2.05, 4.69) is 29.2 Å². The Labute approximate surface area is 178 Å². The van der Waals surface area contributed by atoms with Crippen LogP contribution in [0.1, 0.15) is 69.4 Å². The Kier molecular flexibility index (Phi) is 6.29. The molecule has 2 aliphatic heterocycles. The Morgan fingerprint density at radius 2 is 2.03 bits per heavy atom. The standard InChI is InChI=1S/C23H34N4O3/c1-4-6-10-26-17-11-16(12-18(26)14-30-13-17)24-23(29)21-19-8-7-9-20(28)22(19)27(25-21)15(3)5-2/h7-9,15-18,28H,4-6,10-14H2,1-3H3,(H,24,29)/t15-,16?,17-,18+/m0/s1. The number of phenols is 1. The number of aromatic hydroxyl groups is 1. The summed E-state index contributed by atoms with van der Waals surface area (Å²) in [6.07, 6.45) is 5.07. The molecule has 2 aliphatic rings. The lowest BCUT2D eigenvalue weighted by Gasteiger charge is -2.48. The summed E-state index contributed by atoms with van der Waals surface area (Å²) < 4.78 is 7.59. The van der Waals surface area contributed by atoms with Crippen LogP contribution in [0.4, 0.5) is 0 Å². The van der Waals surface area contributed by atoms with E-state index in [0.717, 1.165) is 39.0 Å². The van der Waals surface area contributed by atoms with Gasteiger partial charge in [-0.25, -0.2) is 0 Å². The van der Waals surface area contributed by atoms with Crippen molar-refractivity contribution in [2.45, 2.75) is 77.0 Å². The summed E-state index contributed by atoms with van der Waals surface area (Å²) in [4.78, 5) is 15.8. The van der Waals surface area contributed by atoms with Gasteiger partial charge >= 0.3 is 0 Å². The zero-order valence-corrected chi connectivity index (χ0v) is 18.3. The predicted molar refractivity (Wildman–Crippen MR) is 117 cm³/mol. The van der Waals surface area contributed by atoms with Gasteiger partial charge in [-0.15, -0.1) is 0 Å². The van der Waals surface area contributed by atoms with E-state index < -0.39 is 0 Å². The summed E-state index contributed by atoms with van der Waals surface area (Å²) in [5.74, 6) is 0.00826. The summed E-state index contributed by atoms with van der Waals surface area (Å²) in [5.41, 5.74) is 1.03. The van der Waals surface area contributed by atoms with Crippen molar-refractivity contribution >= 4 is 16.8 Å². The second kappa shape index (κ2) is 8.94. The van der Waals surface area contributed by atoms with E-state index in [1.54, 1.807) is 16.8 Å². The third-order valence-corrected chi connectivity index (χ3v) is 6.71. The molecule has 1 unspecified atom stereocenters. The first-order chi connectivity index (χ1) is 14.5. The number of ether oxygens (including phenoxy) is 1. The second-order valence-electron chi connectivity index (χ2n) is 8.80. The number of fused-ring (bicyclic) bond motifs is 3. The number of para-hydroxylation sites is 1. The highest BCUT2D eigenvalue weighted by Gasteiger charge is 2.39. The fraction of sp³-hybridized carbons (Fsp3) is 0.652. The first-order valence-corrected chi connectivity index (χ1v) is 11.4. The average molecular weight is 415 g/mol. The molecule has 2 aromatic rings. The quantitative estimate of drug-likeness (QED) is 0.725. The van der Waals surface area contributed by atoms with Crippen LogP contribution < -0.4 is 5.32 Å². The molecule has 2 saturated heterocycles. The molecule has 2 bridgehead atoms. The van der Waals surface area contributed by atoms with Gasteiger partial charge in [0.25, 0.3) is 5.91 Å². The Balaban J connectivity index is 1.54. The molecular formula is C23H34N4O3. The van der Waals surface area contributed by atoms with E-state index in [9.17, 15) is 9.90 Å². The van der Waals surface area contributed by atoms with Crippen molar-refractivity contribution in [2.24, 2.45) is 0 Å². The Bertz CT molecular complexity index is 882. The normalized spacial score (nSPS) is 25.4. The number of phenolic OH excluding ortho intramolecular Hbond substituents is 1. The van der Waals surface area contributed by atoms with Gasteiger partial charge in [0, 0.05) is 29.6 Å². The third-order valence-electron chi connectivity index (χ3n) is 6.71. The number of hydrogen-bond donors (Lipinski definition) is 2. The van der Waals surface area contributed by atoms with E-state index in [4.69, 9.17) is 4.74 Å². The lowest BCUT2D eigenvalue weighted by atomic mass is 9.89. The van der Waals surface area contributed by atoms with E-state index in [0.29, 0.717) is 28.7 Å². The minimum absolute atomic E-state index is 0.0978. The van der Waals surface area contributed by atoms with Gasteiger partial charge in [-0.1, -0.05) is 32.4 Å². The Morgan fingerprint density at radius 3 is 2.70 bits per heavy atom. The molecule has 1 amide bonds. The maximum atomic E-state index is 13.2. The highest BCUT2D eigenvalue weighted by atomic mass is 16.5. The SMILES string of the molecule is CCCCN1[C@@H]2COC[C@H]1CC(NC(=O)c1nn([C@@H](C)CC)c3c(O)cccc13)C2. The summed E-state index contributed by atoms with van der Waals surface area (Å²) in [6.45, 7) is 8.94. The number of nitrogens with one attached hydrogen (secondary N) is 1. The molecule has 7 heteroatoms. The Morgan fingerprint density at radius 1 is 1.30 bits per heavy atom. The van der Waals surface area contributed by atoms with Crippen LogP contribution in [0.2, 0.25) is 0 Å². The molecule has 1 aromatic heterocycles. The van der Waals surface area contributed by atoms with E-state index >= 15 is 0 Å². The lowest BCUT2D eigenvalue weighted by Crippen LogP contribution is -2.60. The van der Waals surface area contributed by atoms with Crippen LogP contribution in [0.15, 0.2) is 18.2 Å². The molecule has 3 heterocycles. The van der Waals surface area contributed by atoms with E-state index in [1.165, 1.54) is 12.8 Å². The molecule has 2 N–H and O–H groups in total. The van der Waals surface area contributed by atoms with Crippen LogP contribution >= 0.6 is 0 Å². The number of carbonyl (C=O) groups excluding carboxylic acids is 1. The second-order valence-corrected chi connectivity index (χ2v) is 8.80. The average Bonchev–Trinajstić information content (AvgIpc) is 3.13. The molecule has 0 saturated carbocycles. The molecule has 164 valence electrons. The number of morpholine rings is 1. The Hall–Kier alpha value is -2.12. The van der Waals surface area contributed by atoms with Crippen molar-refractivity contribution in [1.82, 2.24) is 20.0 Å². The van der Waals surface area contributed by atoms with Gasteiger partial charge in [0.1, 0.15) is 11.3 Å². The molecule has 0 aliphatic carbocycles. The maximum Gasteiger partial charge on any atom is 0.272 e. The first-order valence-electron chi connectivity index (χ1n) is 11.4. The molecule has 1 aromatic carbocycles. The highest BCUT2D eigenvalue weighted by molar-refractivity contribution is 6.06. The van der Waals surface area contributed by atoms with E-state index in [-0.39, 0.29) is 23.7 Å². The van der Waals surface area contributed by atoms with Gasteiger partial charge in [0.15, 0.2) is 5.69 Å². The minimum atomic E-state index is -0.154. The molecule has 2 fully saturated rings. The predicted octanol–water partition coefficient (Wildman–Crippen LogP) is 3.47. The van der Waals surface area contributed by atoms with E-state index in [1.807, 2.05) is 13.0 Å². The molecule has 0 spiro atoms. The summed E-state index contributed by atoms with van der Waals surface area (Å²) >= 11 is 0. The highest BCUT2D eigenvalue weighted by Crippen LogP contribution is 2.31. The number of piperidine rings is 1. The number of rotatable bonds is 7. The van der Waals surface area contributed by atoms with Crippen LogP contribution in [0.25, 0.3) is 10.9 Å². The number of nitrogens with zero attached hydrogens (tertiary/aromatic N) is 3. The van der Waals surface area contributed by atoms with Gasteiger partial charge in [0.2, 0.25) is 0 Å². The van der Waals surface area contributed by atoms with Crippen molar-refractivity contribution in [1.29, 1.82) is 0 Å². The molecular weight excluding hydrogens is 380 g/mol. The summed E-state index contributed by atoms with van der Waals surface area (Å²) in [7, 11) is 0. The van der Waals surface area contributed by atoms with Gasteiger partial charge in [-0.2, -0.15) is 5.10 Å². The smallest absolute Gasteiger partial charge is 0.272 e. The van der Waals surface area contributed by atoms with Crippen molar-refractivity contribution in [3.63, 3.8) is 0 Å². The van der Waals surface area contributed by atoms with Crippen molar-refractivity contribution < 1.29 is 14.6 Å². The van der Waals surface area contributed by atoms with Crippen LogP contribution in [0.3, 0.4) is 0 Å². The number of amides is 1. The first kappa shape index (κ1) is 21.1. The number of carbonyl (C=O) groups is 1. The summed E-state index contributed by atoms with van der Waals surface area (Å²) in [5, 5.41) is 19.0. The van der Waals surface area contributed by atoms with Gasteiger partial charge in [0.05, 0.1) is 13.2 Å².